The minimum Gasteiger partial charge on any atom is -0.439 e. The Morgan fingerprint density at radius 1 is 1.25 bits per heavy atom. The Morgan fingerprint density at radius 3 is 2.72 bits per heavy atom. The topological polar surface area (TPSA) is 68.6 Å². The third-order valence-corrected chi connectivity index (χ3v) is 6.24. The molecule has 1 aliphatic rings. The second kappa shape index (κ2) is 12.0. The van der Waals surface area contributed by atoms with Crippen LogP contribution < -0.4 is 10.1 Å². The average Bonchev–Trinajstić information content (AvgIpc) is 3.51. The first-order valence-corrected chi connectivity index (χ1v) is 12.7. The Bertz CT molecular complexity index is 1160. The smallest absolute Gasteiger partial charge is 0.317 e. The fraction of sp³-hybridized carbons (Fsp3) is 0.429. The van der Waals surface area contributed by atoms with Crippen LogP contribution in [0, 0.1) is 12.7 Å². The molecular formula is C28H35FN4O3. The monoisotopic (exact) mass is 494 g/mol. The molecular weight excluding hydrogens is 459 g/mol. The lowest BCUT2D eigenvalue weighted by molar-refractivity contribution is 0.0793. The molecule has 4 rings (SSSR count). The van der Waals surface area contributed by atoms with Crippen molar-refractivity contribution >= 4 is 6.03 Å². The van der Waals surface area contributed by atoms with Gasteiger partial charge in [0.1, 0.15) is 11.6 Å². The number of benzene rings is 2. The normalized spacial score (nSPS) is 15.2. The lowest BCUT2D eigenvalue weighted by atomic mass is 10.1. The van der Waals surface area contributed by atoms with Crippen LogP contribution in [0.2, 0.25) is 0 Å². The predicted octanol–water partition coefficient (Wildman–Crippen LogP) is 5.78. The molecule has 3 aromatic rings. The maximum Gasteiger partial charge on any atom is 0.317 e. The van der Waals surface area contributed by atoms with Gasteiger partial charge >= 0.3 is 6.03 Å². The van der Waals surface area contributed by atoms with Crippen LogP contribution in [0.1, 0.15) is 49.9 Å². The highest BCUT2D eigenvalue weighted by atomic mass is 19.1. The van der Waals surface area contributed by atoms with Gasteiger partial charge in [-0.15, -0.1) is 0 Å². The summed E-state index contributed by atoms with van der Waals surface area (Å²) in [5.74, 6) is 0.867. The Labute approximate surface area is 212 Å². The molecule has 7 nitrogen and oxygen atoms in total. The van der Waals surface area contributed by atoms with Gasteiger partial charge in [0.15, 0.2) is 0 Å². The molecule has 1 aliphatic heterocycles. The minimum atomic E-state index is -0.321. The third kappa shape index (κ3) is 6.23. The minimum absolute atomic E-state index is 0.00994. The number of nitrogens with zero attached hydrogens (tertiary/aromatic N) is 3. The van der Waals surface area contributed by atoms with Crippen molar-refractivity contribution < 1.29 is 18.7 Å². The van der Waals surface area contributed by atoms with Crippen molar-refractivity contribution in [1.82, 2.24) is 20.0 Å². The van der Waals surface area contributed by atoms with Gasteiger partial charge in [-0.1, -0.05) is 26.0 Å². The van der Waals surface area contributed by atoms with Crippen molar-refractivity contribution in [1.29, 1.82) is 0 Å². The number of hydrogen-bond acceptors (Lipinski definition) is 4. The summed E-state index contributed by atoms with van der Waals surface area (Å²) >= 11 is 0. The van der Waals surface area contributed by atoms with Crippen molar-refractivity contribution in [3.05, 3.63) is 71.2 Å². The lowest BCUT2D eigenvalue weighted by Gasteiger charge is -2.26. The van der Waals surface area contributed by atoms with Crippen molar-refractivity contribution in [2.45, 2.75) is 59.1 Å². The fourth-order valence-corrected chi connectivity index (χ4v) is 4.36. The van der Waals surface area contributed by atoms with Crippen LogP contribution in [0.25, 0.3) is 5.69 Å². The number of nitrogens with one attached hydrogen (secondary N) is 1. The molecule has 2 amide bonds. The molecule has 0 aliphatic carbocycles. The van der Waals surface area contributed by atoms with E-state index >= 15 is 0 Å². The standard InChI is InChI=1S/C28H35FN4O3/c1-4-15-30-28(34)32(18-24-10-7-16-35-24)19-25-26(5-2)31-33(22-13-11-21(29)12-14-22)27(25)36-23-9-6-8-20(3)17-23/h6,8-9,11-14,17,24H,4-5,7,10,15-16,18-19H2,1-3H3,(H,30,34)/t24-/m0/s1. The van der Waals surface area contributed by atoms with E-state index in [1.165, 1.54) is 12.1 Å². The van der Waals surface area contributed by atoms with Gasteiger partial charge in [0, 0.05) is 19.7 Å². The Hall–Kier alpha value is -3.39. The van der Waals surface area contributed by atoms with Crippen molar-refractivity contribution in [2.75, 3.05) is 19.7 Å². The zero-order valence-electron chi connectivity index (χ0n) is 21.3. The molecule has 2 heterocycles. The zero-order chi connectivity index (χ0) is 25.5. The molecule has 0 spiro atoms. The molecule has 1 aromatic heterocycles. The van der Waals surface area contributed by atoms with E-state index in [0.717, 1.165) is 42.7 Å². The maximum atomic E-state index is 13.7. The molecule has 1 atom stereocenters. The summed E-state index contributed by atoms with van der Waals surface area (Å²) in [4.78, 5) is 15.0. The fourth-order valence-electron chi connectivity index (χ4n) is 4.36. The SMILES string of the molecule is CCCNC(=O)N(Cc1c(CC)nn(-c2ccc(F)cc2)c1Oc1cccc(C)c1)C[C@@H]1CCCO1. The van der Waals surface area contributed by atoms with Gasteiger partial charge < -0.3 is 19.7 Å². The van der Waals surface area contributed by atoms with Crippen LogP contribution >= 0.6 is 0 Å². The predicted molar refractivity (Wildman–Crippen MR) is 137 cm³/mol. The largest absolute Gasteiger partial charge is 0.439 e. The summed E-state index contributed by atoms with van der Waals surface area (Å²) in [6, 6.07) is 13.8. The summed E-state index contributed by atoms with van der Waals surface area (Å²) in [5, 5.41) is 7.84. The molecule has 1 fully saturated rings. The lowest BCUT2D eigenvalue weighted by Crippen LogP contribution is -2.43. The van der Waals surface area contributed by atoms with Crippen molar-refractivity contribution in [3.8, 4) is 17.3 Å². The van der Waals surface area contributed by atoms with Gasteiger partial charge in [0.05, 0.1) is 29.6 Å². The second-order valence-corrected chi connectivity index (χ2v) is 9.14. The van der Waals surface area contributed by atoms with E-state index in [-0.39, 0.29) is 18.0 Å². The van der Waals surface area contributed by atoms with E-state index in [1.54, 1.807) is 21.7 Å². The van der Waals surface area contributed by atoms with E-state index in [0.29, 0.717) is 43.4 Å². The van der Waals surface area contributed by atoms with Gasteiger partial charge in [-0.25, -0.2) is 13.9 Å². The number of aryl methyl sites for hydroxylation is 2. The van der Waals surface area contributed by atoms with E-state index in [1.807, 2.05) is 45.0 Å². The Balaban J connectivity index is 1.75. The number of amides is 2. The van der Waals surface area contributed by atoms with Gasteiger partial charge in [-0.05, 0) is 74.6 Å². The van der Waals surface area contributed by atoms with E-state index in [9.17, 15) is 9.18 Å². The van der Waals surface area contributed by atoms with E-state index in [4.69, 9.17) is 14.6 Å². The van der Waals surface area contributed by atoms with Crippen LogP contribution in [0.15, 0.2) is 48.5 Å². The number of rotatable bonds is 10. The molecule has 2 aromatic carbocycles. The summed E-state index contributed by atoms with van der Waals surface area (Å²) in [6.07, 6.45) is 3.44. The Morgan fingerprint density at radius 2 is 2.06 bits per heavy atom. The number of carbonyl (C=O) groups excluding carboxylic acids is 1. The molecule has 192 valence electrons. The van der Waals surface area contributed by atoms with Crippen LogP contribution in [0.5, 0.6) is 11.6 Å². The molecule has 0 unspecified atom stereocenters. The molecule has 0 saturated carbocycles. The van der Waals surface area contributed by atoms with Crippen LogP contribution in [-0.2, 0) is 17.7 Å². The maximum absolute atomic E-state index is 13.7. The number of aromatic nitrogens is 2. The molecule has 1 saturated heterocycles. The van der Waals surface area contributed by atoms with Crippen LogP contribution in [0.3, 0.4) is 0 Å². The van der Waals surface area contributed by atoms with E-state index in [2.05, 4.69) is 5.32 Å². The van der Waals surface area contributed by atoms with Crippen LogP contribution in [0.4, 0.5) is 9.18 Å². The molecule has 36 heavy (non-hydrogen) atoms. The highest BCUT2D eigenvalue weighted by molar-refractivity contribution is 5.74. The number of hydrogen-bond donors (Lipinski definition) is 1. The zero-order valence-corrected chi connectivity index (χ0v) is 21.3. The highest BCUT2D eigenvalue weighted by Crippen LogP contribution is 2.33. The highest BCUT2D eigenvalue weighted by Gasteiger charge is 2.27. The average molecular weight is 495 g/mol. The number of ether oxygens (including phenoxy) is 2. The molecule has 0 radical (unpaired) electrons. The van der Waals surface area contributed by atoms with Gasteiger partial charge in [-0.2, -0.15) is 5.10 Å². The van der Waals surface area contributed by atoms with Gasteiger partial charge in [-0.3, -0.25) is 0 Å². The second-order valence-electron chi connectivity index (χ2n) is 9.14. The number of urea groups is 1. The van der Waals surface area contributed by atoms with Crippen molar-refractivity contribution in [2.24, 2.45) is 0 Å². The summed E-state index contributed by atoms with van der Waals surface area (Å²) in [7, 11) is 0. The van der Waals surface area contributed by atoms with Gasteiger partial charge in [0.25, 0.3) is 0 Å². The molecule has 8 heteroatoms. The third-order valence-electron chi connectivity index (χ3n) is 6.24. The summed E-state index contributed by atoms with van der Waals surface area (Å²) < 4.78 is 27.7. The van der Waals surface area contributed by atoms with E-state index < -0.39 is 0 Å². The first-order chi connectivity index (χ1) is 17.5. The molecule has 1 N–H and O–H groups in total. The first-order valence-electron chi connectivity index (χ1n) is 12.7. The number of halogens is 1. The quantitative estimate of drug-likeness (QED) is 0.388. The molecule has 0 bridgehead atoms. The van der Waals surface area contributed by atoms with Crippen LogP contribution in [-0.4, -0.2) is 46.5 Å². The first kappa shape index (κ1) is 25.7. The number of carbonyl (C=O) groups is 1. The Kier molecular flexibility index (Phi) is 8.59. The summed E-state index contributed by atoms with van der Waals surface area (Å²) in [6.45, 7) is 8.19. The summed E-state index contributed by atoms with van der Waals surface area (Å²) in [5.41, 5.74) is 3.40. The van der Waals surface area contributed by atoms with Gasteiger partial charge in [0.2, 0.25) is 5.88 Å². The van der Waals surface area contributed by atoms with Crippen molar-refractivity contribution in [3.63, 3.8) is 0 Å².